The first-order valence-electron chi connectivity index (χ1n) is 9.10. The second kappa shape index (κ2) is 9.17. The number of benzene rings is 1. The zero-order valence-electron chi connectivity index (χ0n) is 15.9. The van der Waals surface area contributed by atoms with Crippen molar-refractivity contribution in [3.63, 3.8) is 0 Å². The van der Waals surface area contributed by atoms with Gasteiger partial charge in [0.25, 0.3) is 10.1 Å². The standard InChI is InChI=1S/C20H24N2O3S3/c1-15(2)16-6-8-17(9-7-16)19-14-27-20(21-19)22(10-4-12-28(23,24)25)13-18-5-3-11-26-18/h3,5-9,11,14-15H,4,10,12-13H2,1-2H3,(H,23,24,25). The molecule has 0 fully saturated rings. The first-order valence-corrected chi connectivity index (χ1v) is 12.5. The van der Waals surface area contributed by atoms with Crippen LogP contribution in [0.2, 0.25) is 0 Å². The number of thiophene rings is 1. The van der Waals surface area contributed by atoms with Crippen LogP contribution >= 0.6 is 22.7 Å². The Labute approximate surface area is 174 Å². The van der Waals surface area contributed by atoms with Crippen LogP contribution in [0.25, 0.3) is 11.3 Å². The van der Waals surface area contributed by atoms with E-state index in [1.165, 1.54) is 10.4 Å². The van der Waals surface area contributed by atoms with E-state index in [4.69, 9.17) is 9.54 Å². The van der Waals surface area contributed by atoms with Crippen molar-refractivity contribution >= 4 is 37.9 Å². The Kier molecular flexibility index (Phi) is 6.87. The van der Waals surface area contributed by atoms with Gasteiger partial charge in [-0.2, -0.15) is 8.42 Å². The number of nitrogens with zero attached hydrogens (tertiary/aromatic N) is 2. The first kappa shape index (κ1) is 21.0. The maximum absolute atomic E-state index is 11.1. The summed E-state index contributed by atoms with van der Waals surface area (Å²) in [6, 6.07) is 12.5. The highest BCUT2D eigenvalue weighted by Gasteiger charge is 2.15. The van der Waals surface area contributed by atoms with Gasteiger partial charge in [-0.3, -0.25) is 4.55 Å². The van der Waals surface area contributed by atoms with Gasteiger partial charge in [0.1, 0.15) is 0 Å². The molecule has 2 aromatic heterocycles. The van der Waals surface area contributed by atoms with E-state index in [1.54, 1.807) is 22.7 Å². The lowest BCUT2D eigenvalue weighted by atomic mass is 10.0. The molecule has 3 aromatic rings. The molecule has 0 radical (unpaired) electrons. The maximum atomic E-state index is 11.1. The van der Waals surface area contributed by atoms with E-state index in [9.17, 15) is 8.42 Å². The van der Waals surface area contributed by atoms with Gasteiger partial charge < -0.3 is 4.90 Å². The summed E-state index contributed by atoms with van der Waals surface area (Å²) in [7, 11) is -3.95. The van der Waals surface area contributed by atoms with Crippen LogP contribution in [0.5, 0.6) is 0 Å². The van der Waals surface area contributed by atoms with Crippen molar-refractivity contribution in [3.8, 4) is 11.3 Å². The molecule has 3 rings (SSSR count). The molecule has 1 N–H and O–H groups in total. The minimum absolute atomic E-state index is 0.247. The van der Waals surface area contributed by atoms with E-state index in [0.29, 0.717) is 25.4 Å². The van der Waals surface area contributed by atoms with E-state index in [1.807, 2.05) is 16.8 Å². The number of hydrogen-bond donors (Lipinski definition) is 1. The number of hydrogen-bond acceptors (Lipinski definition) is 6. The molecular weight excluding hydrogens is 412 g/mol. The molecule has 5 nitrogen and oxygen atoms in total. The molecule has 0 spiro atoms. The van der Waals surface area contributed by atoms with Crippen LogP contribution in [0, 0.1) is 0 Å². The molecule has 8 heteroatoms. The zero-order chi connectivity index (χ0) is 20.1. The molecule has 0 unspecified atom stereocenters. The predicted molar refractivity (Wildman–Crippen MR) is 118 cm³/mol. The molecule has 150 valence electrons. The molecule has 28 heavy (non-hydrogen) atoms. The summed E-state index contributed by atoms with van der Waals surface area (Å²) in [5.74, 6) is 0.243. The van der Waals surface area contributed by atoms with Crippen LogP contribution in [0.4, 0.5) is 5.13 Å². The van der Waals surface area contributed by atoms with Gasteiger partial charge in [0, 0.05) is 22.4 Å². The third-order valence-corrected chi connectivity index (χ3v) is 6.96. The zero-order valence-corrected chi connectivity index (χ0v) is 18.4. The molecule has 1 aromatic carbocycles. The largest absolute Gasteiger partial charge is 0.343 e. The smallest absolute Gasteiger partial charge is 0.264 e. The highest BCUT2D eigenvalue weighted by Crippen LogP contribution is 2.30. The number of rotatable bonds is 9. The van der Waals surface area contributed by atoms with Crippen LogP contribution in [0.15, 0.2) is 47.2 Å². The van der Waals surface area contributed by atoms with Gasteiger partial charge in [0.15, 0.2) is 5.13 Å². The van der Waals surface area contributed by atoms with Crippen molar-refractivity contribution in [3.05, 3.63) is 57.6 Å². The normalized spacial score (nSPS) is 11.9. The molecule has 0 amide bonds. The van der Waals surface area contributed by atoms with Gasteiger partial charge in [-0.1, -0.05) is 44.2 Å². The van der Waals surface area contributed by atoms with E-state index in [2.05, 4.69) is 49.1 Å². The van der Waals surface area contributed by atoms with Gasteiger partial charge >= 0.3 is 0 Å². The third-order valence-electron chi connectivity index (χ3n) is 4.39. The second-order valence-corrected chi connectivity index (χ2v) is 10.4. The monoisotopic (exact) mass is 436 g/mol. The maximum Gasteiger partial charge on any atom is 0.264 e. The Hall–Kier alpha value is -1.74. The average molecular weight is 437 g/mol. The third kappa shape index (κ3) is 5.88. The summed E-state index contributed by atoms with van der Waals surface area (Å²) in [6.07, 6.45) is 0.349. The summed E-state index contributed by atoms with van der Waals surface area (Å²) in [5, 5.41) is 4.91. The molecule has 0 atom stereocenters. The fourth-order valence-corrected chi connectivity index (χ4v) is 4.93. The second-order valence-electron chi connectivity index (χ2n) is 6.93. The van der Waals surface area contributed by atoms with Gasteiger partial charge in [-0.05, 0) is 29.3 Å². The molecule has 0 saturated carbocycles. The van der Waals surface area contributed by atoms with Gasteiger partial charge in [0.05, 0.1) is 18.0 Å². The quantitative estimate of drug-likeness (QED) is 0.462. The van der Waals surface area contributed by atoms with Crippen molar-refractivity contribution in [2.24, 2.45) is 0 Å². The lowest BCUT2D eigenvalue weighted by molar-refractivity contribution is 0.481. The summed E-state index contributed by atoms with van der Waals surface area (Å²) < 4.78 is 31.1. The fourth-order valence-electron chi connectivity index (χ4n) is 2.85. The highest BCUT2D eigenvalue weighted by molar-refractivity contribution is 7.85. The Morgan fingerprint density at radius 2 is 1.89 bits per heavy atom. The average Bonchev–Trinajstić information content (AvgIpc) is 3.32. The van der Waals surface area contributed by atoms with E-state index in [-0.39, 0.29) is 5.75 Å². The lowest BCUT2D eigenvalue weighted by Crippen LogP contribution is -2.25. The van der Waals surface area contributed by atoms with Crippen molar-refractivity contribution in [1.29, 1.82) is 0 Å². The first-order chi connectivity index (χ1) is 13.3. The van der Waals surface area contributed by atoms with Crippen LogP contribution in [-0.2, 0) is 16.7 Å². The van der Waals surface area contributed by atoms with Gasteiger partial charge in [-0.15, -0.1) is 22.7 Å². The molecule has 0 aliphatic carbocycles. The topological polar surface area (TPSA) is 70.5 Å². The predicted octanol–water partition coefficient (Wildman–Crippen LogP) is 5.28. The summed E-state index contributed by atoms with van der Waals surface area (Å²) >= 11 is 3.21. The number of anilines is 1. The van der Waals surface area contributed by atoms with Gasteiger partial charge in [0.2, 0.25) is 0 Å². The summed E-state index contributed by atoms with van der Waals surface area (Å²) in [5.41, 5.74) is 3.28. The number of thiazole rings is 1. The molecule has 2 heterocycles. The van der Waals surface area contributed by atoms with Crippen LogP contribution < -0.4 is 4.90 Å². The van der Waals surface area contributed by atoms with E-state index in [0.717, 1.165) is 16.4 Å². The Morgan fingerprint density at radius 1 is 1.14 bits per heavy atom. The molecule has 0 aliphatic heterocycles. The van der Waals surface area contributed by atoms with Crippen LogP contribution in [-0.4, -0.2) is 30.3 Å². The Bertz CT molecular complexity index is 978. The van der Waals surface area contributed by atoms with Crippen molar-refractivity contribution in [2.75, 3.05) is 17.2 Å². The van der Waals surface area contributed by atoms with Crippen molar-refractivity contribution < 1.29 is 13.0 Å². The Balaban J connectivity index is 1.77. The number of aromatic nitrogens is 1. The molecular formula is C20H24N2O3S3. The highest BCUT2D eigenvalue weighted by atomic mass is 32.2. The SMILES string of the molecule is CC(C)c1ccc(-c2csc(N(CCCS(=O)(=O)O)Cc3cccs3)n2)cc1. The van der Waals surface area contributed by atoms with Crippen molar-refractivity contribution in [1.82, 2.24) is 4.98 Å². The van der Waals surface area contributed by atoms with E-state index >= 15 is 0 Å². The molecule has 0 saturated heterocycles. The fraction of sp³-hybridized carbons (Fsp3) is 0.350. The Morgan fingerprint density at radius 3 is 2.50 bits per heavy atom. The van der Waals surface area contributed by atoms with Crippen molar-refractivity contribution in [2.45, 2.75) is 32.7 Å². The summed E-state index contributed by atoms with van der Waals surface area (Å²) in [4.78, 5) is 8.05. The van der Waals surface area contributed by atoms with E-state index < -0.39 is 10.1 Å². The molecule has 0 aliphatic rings. The minimum Gasteiger partial charge on any atom is -0.343 e. The van der Waals surface area contributed by atoms with Crippen LogP contribution in [0.1, 0.15) is 36.6 Å². The lowest BCUT2D eigenvalue weighted by Gasteiger charge is -2.21. The molecule has 0 bridgehead atoms. The van der Waals surface area contributed by atoms with Gasteiger partial charge in [-0.25, -0.2) is 4.98 Å². The van der Waals surface area contributed by atoms with Crippen LogP contribution in [0.3, 0.4) is 0 Å². The minimum atomic E-state index is -3.95. The summed E-state index contributed by atoms with van der Waals surface area (Å²) in [6.45, 7) is 5.52.